The Morgan fingerprint density at radius 3 is 2.50 bits per heavy atom. The maximum absolute atomic E-state index is 12.8. The van der Waals surface area contributed by atoms with Crippen LogP contribution in [0.5, 0.6) is 0 Å². The van der Waals surface area contributed by atoms with Crippen molar-refractivity contribution in [1.29, 1.82) is 5.26 Å². The van der Waals surface area contributed by atoms with E-state index in [1.54, 1.807) is 6.07 Å². The number of nitriles is 1. The number of hydrogen-bond acceptors (Lipinski definition) is 2. The van der Waals surface area contributed by atoms with Crippen molar-refractivity contribution in [2.24, 2.45) is 5.11 Å². The van der Waals surface area contributed by atoms with E-state index in [0.717, 1.165) is 12.1 Å². The fraction of sp³-hybridized carbons (Fsp3) is 0.100. The van der Waals surface area contributed by atoms with Gasteiger partial charge in [-0.25, -0.2) is 8.78 Å². The second-order valence-electron chi connectivity index (χ2n) is 2.61. The zero-order valence-electron chi connectivity index (χ0n) is 7.91. The quantitative estimate of drug-likeness (QED) is 0.309. The van der Waals surface area contributed by atoms with Crippen molar-refractivity contribution in [2.45, 2.75) is 0 Å². The van der Waals surface area contributed by atoms with Crippen molar-refractivity contribution in [3.63, 3.8) is 0 Å². The Hall–Kier alpha value is -2.56. The number of azide groups is 1. The number of benzene rings is 1. The van der Waals surface area contributed by atoms with Crippen molar-refractivity contribution in [1.82, 2.24) is 0 Å². The van der Waals surface area contributed by atoms with Gasteiger partial charge >= 0.3 is 0 Å². The Balaban J connectivity index is 3.12. The first-order valence-electron chi connectivity index (χ1n) is 4.08. The lowest BCUT2D eigenvalue weighted by molar-refractivity contribution is 0.508. The van der Waals surface area contributed by atoms with Crippen LogP contribution in [0.4, 0.5) is 8.78 Å². The minimum absolute atomic E-state index is 0.0627. The fourth-order valence-corrected chi connectivity index (χ4v) is 0.944. The Labute approximate surface area is 89.7 Å². The SMILES string of the molecule is N#Cc1cc(F)c(F)cc1C#CCN=[N+]=[N-]. The molecule has 0 aliphatic heterocycles. The predicted octanol–water partition coefficient (Wildman–Crippen LogP) is 2.50. The average molecular weight is 218 g/mol. The van der Waals surface area contributed by atoms with E-state index < -0.39 is 11.6 Å². The Kier molecular flexibility index (Phi) is 3.85. The first-order valence-corrected chi connectivity index (χ1v) is 4.08. The van der Waals surface area contributed by atoms with Gasteiger partial charge in [0.2, 0.25) is 0 Å². The van der Waals surface area contributed by atoms with Crippen LogP contribution in [0.15, 0.2) is 17.2 Å². The summed E-state index contributed by atoms with van der Waals surface area (Å²) in [7, 11) is 0. The van der Waals surface area contributed by atoms with Crippen molar-refractivity contribution < 1.29 is 8.78 Å². The van der Waals surface area contributed by atoms with Crippen LogP contribution in [0, 0.1) is 34.8 Å². The van der Waals surface area contributed by atoms with Crippen LogP contribution in [0.3, 0.4) is 0 Å². The van der Waals surface area contributed by atoms with E-state index in [2.05, 4.69) is 21.9 Å². The van der Waals surface area contributed by atoms with Crippen LogP contribution in [-0.2, 0) is 0 Å². The van der Waals surface area contributed by atoms with E-state index in [1.807, 2.05) is 0 Å². The lowest BCUT2D eigenvalue weighted by Gasteiger charge is -1.96. The van der Waals surface area contributed by atoms with E-state index in [1.165, 1.54) is 0 Å². The summed E-state index contributed by atoms with van der Waals surface area (Å²) in [5, 5.41) is 11.8. The molecular formula is C10H4F2N4. The first-order chi connectivity index (χ1) is 7.69. The number of hydrogen-bond donors (Lipinski definition) is 0. The Morgan fingerprint density at radius 2 is 1.94 bits per heavy atom. The number of rotatable bonds is 1. The van der Waals surface area contributed by atoms with Gasteiger partial charge in [0.05, 0.1) is 12.1 Å². The van der Waals surface area contributed by atoms with Crippen molar-refractivity contribution in [3.8, 4) is 17.9 Å². The van der Waals surface area contributed by atoms with E-state index in [0.29, 0.717) is 0 Å². The molecule has 0 radical (unpaired) electrons. The van der Waals surface area contributed by atoms with Gasteiger partial charge in [-0.2, -0.15) is 5.26 Å². The molecule has 78 valence electrons. The Bertz CT molecular complexity index is 557. The molecule has 0 fully saturated rings. The van der Waals surface area contributed by atoms with Crippen molar-refractivity contribution in [2.75, 3.05) is 6.54 Å². The van der Waals surface area contributed by atoms with Gasteiger partial charge in [0, 0.05) is 10.5 Å². The molecule has 0 saturated heterocycles. The molecule has 0 bridgehead atoms. The zero-order valence-corrected chi connectivity index (χ0v) is 7.91. The molecule has 0 saturated carbocycles. The van der Waals surface area contributed by atoms with Gasteiger partial charge in [-0.05, 0) is 17.7 Å². The van der Waals surface area contributed by atoms with E-state index in [4.69, 9.17) is 10.8 Å². The van der Waals surface area contributed by atoms with Crippen molar-refractivity contribution >= 4 is 0 Å². The third-order valence-electron chi connectivity index (χ3n) is 1.62. The molecule has 0 heterocycles. The molecule has 0 aliphatic rings. The van der Waals surface area contributed by atoms with Gasteiger partial charge in [0.15, 0.2) is 11.6 Å². The molecule has 0 aliphatic carbocycles. The molecule has 1 aromatic carbocycles. The lowest BCUT2D eigenvalue weighted by Crippen LogP contribution is -1.91. The number of halogens is 2. The molecule has 6 heteroatoms. The highest BCUT2D eigenvalue weighted by Crippen LogP contribution is 2.13. The third-order valence-corrected chi connectivity index (χ3v) is 1.62. The number of nitrogens with zero attached hydrogens (tertiary/aromatic N) is 4. The summed E-state index contributed by atoms with van der Waals surface area (Å²) in [5.74, 6) is 2.66. The topological polar surface area (TPSA) is 72.5 Å². The molecule has 0 atom stereocenters. The second kappa shape index (κ2) is 5.35. The third kappa shape index (κ3) is 2.71. The zero-order chi connectivity index (χ0) is 12.0. The molecule has 0 N–H and O–H groups in total. The van der Waals surface area contributed by atoms with Crippen LogP contribution in [0.25, 0.3) is 10.4 Å². The summed E-state index contributed by atoms with van der Waals surface area (Å²) in [5.41, 5.74) is 7.98. The average Bonchev–Trinajstić information content (AvgIpc) is 2.28. The molecule has 0 spiro atoms. The van der Waals surface area contributed by atoms with Crippen LogP contribution in [-0.4, -0.2) is 6.54 Å². The van der Waals surface area contributed by atoms with Gasteiger partial charge in [0.25, 0.3) is 0 Å². The van der Waals surface area contributed by atoms with Crippen LogP contribution in [0.2, 0.25) is 0 Å². The second-order valence-corrected chi connectivity index (χ2v) is 2.61. The van der Waals surface area contributed by atoms with E-state index in [9.17, 15) is 8.78 Å². The Morgan fingerprint density at radius 1 is 1.31 bits per heavy atom. The van der Waals surface area contributed by atoms with Crippen LogP contribution in [0.1, 0.15) is 11.1 Å². The molecule has 16 heavy (non-hydrogen) atoms. The van der Waals surface area contributed by atoms with Crippen LogP contribution < -0.4 is 0 Å². The standard InChI is InChI=1S/C10H4F2N4/c11-9-4-7(2-1-3-15-16-14)8(6-13)5-10(9)12/h4-5H,3H2. The molecule has 0 amide bonds. The molecular weight excluding hydrogens is 214 g/mol. The summed E-state index contributed by atoms with van der Waals surface area (Å²) < 4.78 is 25.6. The molecule has 1 rings (SSSR count). The normalized spacial score (nSPS) is 8.31. The summed E-state index contributed by atoms with van der Waals surface area (Å²) >= 11 is 0. The monoisotopic (exact) mass is 218 g/mol. The summed E-state index contributed by atoms with van der Waals surface area (Å²) in [6, 6.07) is 3.29. The molecule has 1 aromatic rings. The molecule has 0 aromatic heterocycles. The van der Waals surface area contributed by atoms with E-state index in [-0.39, 0.29) is 17.7 Å². The van der Waals surface area contributed by atoms with Gasteiger partial charge in [-0.15, -0.1) is 0 Å². The maximum Gasteiger partial charge on any atom is 0.160 e. The highest BCUT2D eigenvalue weighted by molar-refractivity contribution is 5.48. The van der Waals surface area contributed by atoms with Crippen molar-refractivity contribution in [3.05, 3.63) is 45.3 Å². The fourth-order valence-electron chi connectivity index (χ4n) is 0.944. The van der Waals surface area contributed by atoms with Gasteiger partial charge in [0.1, 0.15) is 6.07 Å². The smallest absolute Gasteiger partial charge is 0.160 e. The van der Waals surface area contributed by atoms with Gasteiger partial charge < -0.3 is 0 Å². The largest absolute Gasteiger partial charge is 0.204 e. The first kappa shape index (κ1) is 11.5. The van der Waals surface area contributed by atoms with Crippen LogP contribution >= 0.6 is 0 Å². The molecule has 4 nitrogen and oxygen atoms in total. The molecule has 0 unspecified atom stereocenters. The minimum Gasteiger partial charge on any atom is -0.204 e. The van der Waals surface area contributed by atoms with Gasteiger partial charge in [-0.1, -0.05) is 17.0 Å². The summed E-state index contributed by atoms with van der Waals surface area (Å²) in [6.07, 6.45) is 0. The minimum atomic E-state index is -1.10. The highest BCUT2D eigenvalue weighted by atomic mass is 19.2. The van der Waals surface area contributed by atoms with E-state index >= 15 is 0 Å². The highest BCUT2D eigenvalue weighted by Gasteiger charge is 2.07. The predicted molar refractivity (Wildman–Crippen MR) is 52.0 cm³/mol. The van der Waals surface area contributed by atoms with Gasteiger partial charge in [-0.3, -0.25) is 0 Å². The summed E-state index contributed by atoms with van der Waals surface area (Å²) in [6.45, 7) is -0.0969. The summed E-state index contributed by atoms with van der Waals surface area (Å²) in [4.78, 5) is 2.46. The maximum atomic E-state index is 12.8. The lowest BCUT2D eigenvalue weighted by atomic mass is 10.1.